The van der Waals surface area contributed by atoms with Crippen molar-refractivity contribution in [1.82, 2.24) is 0 Å². The van der Waals surface area contributed by atoms with E-state index >= 15 is 0 Å². The fraction of sp³-hybridized carbons (Fsp3) is 0.111. The normalized spacial score (nSPS) is 10.2. The maximum Gasteiger partial charge on any atom is 0.0494 e. The second-order valence-corrected chi connectivity index (χ2v) is 5.29. The lowest BCUT2D eigenvalue weighted by Gasteiger charge is -1.99. The summed E-state index contributed by atoms with van der Waals surface area (Å²) in [5.41, 5.74) is 1.20. The van der Waals surface area contributed by atoms with Gasteiger partial charge in [-0.2, -0.15) is 11.3 Å². The van der Waals surface area contributed by atoms with Gasteiger partial charge in [0.25, 0.3) is 0 Å². The van der Waals surface area contributed by atoms with Crippen LogP contribution in [0.3, 0.4) is 0 Å². The molecule has 0 atom stereocenters. The van der Waals surface area contributed by atoms with Crippen molar-refractivity contribution >= 4 is 44.3 Å². The Morgan fingerprint density at radius 3 is 2.92 bits per heavy atom. The molecule has 2 aromatic heterocycles. The third kappa shape index (κ3) is 2.56. The van der Waals surface area contributed by atoms with Crippen LogP contribution in [-0.4, -0.2) is 0 Å². The largest absolute Gasteiger partial charge is 0.379 e. The van der Waals surface area contributed by atoms with Crippen LogP contribution in [0, 0.1) is 0 Å². The van der Waals surface area contributed by atoms with Gasteiger partial charge in [0.1, 0.15) is 0 Å². The van der Waals surface area contributed by atoms with E-state index in [-0.39, 0.29) is 0 Å². The molecule has 0 aromatic carbocycles. The topological polar surface area (TPSA) is 12.0 Å². The summed E-state index contributed by atoms with van der Waals surface area (Å²) in [5, 5.41) is 9.65. The highest BCUT2D eigenvalue weighted by atomic mass is 79.9. The Hall–Kier alpha value is -0.320. The smallest absolute Gasteiger partial charge is 0.0494 e. The lowest BCUT2D eigenvalue weighted by molar-refractivity contribution is 1.20. The van der Waals surface area contributed by atoms with Crippen LogP contribution in [0.25, 0.3) is 0 Å². The number of anilines is 1. The molecule has 2 rings (SSSR count). The fourth-order valence-electron chi connectivity index (χ4n) is 1.00. The molecule has 4 heteroatoms. The molecule has 0 aliphatic rings. The van der Waals surface area contributed by atoms with Gasteiger partial charge in [0.05, 0.1) is 0 Å². The summed E-state index contributed by atoms with van der Waals surface area (Å²) in [5.74, 6) is 0. The molecule has 0 saturated carbocycles. The first-order chi connectivity index (χ1) is 6.34. The van der Waals surface area contributed by atoms with Gasteiger partial charge in [0.2, 0.25) is 0 Å². The lowest BCUT2D eigenvalue weighted by Crippen LogP contribution is -1.94. The minimum atomic E-state index is 0.910. The number of hydrogen-bond donors (Lipinski definition) is 1. The molecule has 0 bridgehead atoms. The molecule has 0 aliphatic carbocycles. The Morgan fingerprint density at radius 1 is 1.38 bits per heavy atom. The van der Waals surface area contributed by atoms with E-state index in [1.54, 1.807) is 22.7 Å². The molecular formula is C9H8BrNS2. The molecule has 13 heavy (non-hydrogen) atoms. The van der Waals surface area contributed by atoms with Crippen molar-refractivity contribution in [3.63, 3.8) is 0 Å². The Morgan fingerprint density at radius 2 is 2.31 bits per heavy atom. The standard InChI is InChI=1S/C9H8BrNS2/c10-7-3-9(13-5-7)4-11-8-1-2-12-6-8/h1-3,5-6,11H,4H2. The molecule has 0 unspecified atom stereocenters. The Balaban J connectivity index is 1.93. The van der Waals surface area contributed by atoms with Gasteiger partial charge in [-0.3, -0.25) is 0 Å². The van der Waals surface area contributed by atoms with Crippen LogP contribution in [0.2, 0.25) is 0 Å². The third-order valence-electron chi connectivity index (χ3n) is 1.61. The second kappa shape index (κ2) is 4.26. The maximum atomic E-state index is 3.44. The van der Waals surface area contributed by atoms with Gasteiger partial charge in [-0.25, -0.2) is 0 Å². The maximum absolute atomic E-state index is 3.44. The molecular weight excluding hydrogens is 266 g/mol. The number of thiophene rings is 2. The predicted octanol–water partition coefficient (Wildman–Crippen LogP) is 4.18. The van der Waals surface area contributed by atoms with Crippen LogP contribution in [0.1, 0.15) is 4.88 Å². The molecule has 0 amide bonds. The molecule has 1 nitrogen and oxygen atoms in total. The summed E-state index contributed by atoms with van der Waals surface area (Å²) in [7, 11) is 0. The first-order valence-electron chi connectivity index (χ1n) is 3.83. The molecule has 0 fully saturated rings. The molecule has 0 saturated heterocycles. The van der Waals surface area contributed by atoms with Crippen molar-refractivity contribution in [2.45, 2.75) is 6.54 Å². The van der Waals surface area contributed by atoms with E-state index in [0.29, 0.717) is 0 Å². The third-order valence-corrected chi connectivity index (χ3v) is 3.99. The van der Waals surface area contributed by atoms with Gasteiger partial charge in [-0.15, -0.1) is 11.3 Å². The van der Waals surface area contributed by atoms with Crippen molar-refractivity contribution in [3.05, 3.63) is 37.6 Å². The summed E-state index contributed by atoms with van der Waals surface area (Å²) in [4.78, 5) is 1.35. The summed E-state index contributed by atoms with van der Waals surface area (Å²) in [6, 6.07) is 4.23. The van der Waals surface area contributed by atoms with Crippen molar-refractivity contribution in [3.8, 4) is 0 Å². The van der Waals surface area contributed by atoms with Gasteiger partial charge in [-0.1, -0.05) is 0 Å². The van der Waals surface area contributed by atoms with E-state index in [2.05, 4.69) is 49.5 Å². The summed E-state index contributed by atoms with van der Waals surface area (Å²) in [6.07, 6.45) is 0. The Bertz CT molecular complexity index is 367. The van der Waals surface area contributed by atoms with Gasteiger partial charge in [0, 0.05) is 32.3 Å². The highest BCUT2D eigenvalue weighted by molar-refractivity contribution is 9.10. The summed E-state index contributed by atoms with van der Waals surface area (Å²) < 4.78 is 1.17. The molecule has 0 radical (unpaired) electrons. The van der Waals surface area contributed by atoms with Crippen LogP contribution in [0.15, 0.2) is 32.7 Å². The number of rotatable bonds is 3. The predicted molar refractivity (Wildman–Crippen MR) is 63.7 cm³/mol. The summed E-state index contributed by atoms with van der Waals surface area (Å²) in [6.45, 7) is 0.910. The van der Waals surface area contributed by atoms with Gasteiger partial charge >= 0.3 is 0 Å². The van der Waals surface area contributed by atoms with Gasteiger partial charge < -0.3 is 5.32 Å². The Labute approximate surface area is 93.6 Å². The van der Waals surface area contributed by atoms with E-state index < -0.39 is 0 Å². The molecule has 0 aliphatic heterocycles. The highest BCUT2D eigenvalue weighted by Gasteiger charge is 1.97. The van der Waals surface area contributed by atoms with Crippen molar-refractivity contribution in [2.75, 3.05) is 5.32 Å². The number of nitrogens with one attached hydrogen (secondary N) is 1. The number of halogens is 1. The highest BCUT2D eigenvalue weighted by Crippen LogP contribution is 2.21. The summed E-state index contributed by atoms with van der Waals surface area (Å²) >= 11 is 6.91. The van der Waals surface area contributed by atoms with E-state index in [0.717, 1.165) is 6.54 Å². The zero-order valence-electron chi connectivity index (χ0n) is 6.79. The minimum absolute atomic E-state index is 0.910. The van der Waals surface area contributed by atoms with Gasteiger partial charge in [-0.05, 0) is 33.4 Å². The van der Waals surface area contributed by atoms with E-state index in [1.165, 1.54) is 15.0 Å². The van der Waals surface area contributed by atoms with Crippen molar-refractivity contribution in [2.24, 2.45) is 0 Å². The van der Waals surface area contributed by atoms with Crippen LogP contribution in [-0.2, 0) is 6.54 Å². The molecule has 68 valence electrons. The van der Waals surface area contributed by atoms with E-state index in [1.807, 2.05) is 0 Å². The van der Waals surface area contributed by atoms with Crippen molar-refractivity contribution < 1.29 is 0 Å². The zero-order chi connectivity index (χ0) is 9.10. The van der Waals surface area contributed by atoms with Crippen molar-refractivity contribution in [1.29, 1.82) is 0 Å². The molecule has 2 heterocycles. The number of hydrogen-bond acceptors (Lipinski definition) is 3. The first-order valence-corrected chi connectivity index (χ1v) is 6.45. The quantitative estimate of drug-likeness (QED) is 0.885. The fourth-order valence-corrected chi connectivity index (χ4v) is 3.00. The average molecular weight is 274 g/mol. The average Bonchev–Trinajstić information content (AvgIpc) is 2.71. The van der Waals surface area contributed by atoms with Crippen LogP contribution in [0.5, 0.6) is 0 Å². The second-order valence-electron chi connectivity index (χ2n) is 2.60. The molecule has 2 aromatic rings. The zero-order valence-corrected chi connectivity index (χ0v) is 10.0. The van der Waals surface area contributed by atoms with Crippen LogP contribution >= 0.6 is 38.6 Å². The van der Waals surface area contributed by atoms with Crippen LogP contribution < -0.4 is 5.32 Å². The first kappa shape index (κ1) is 9.24. The van der Waals surface area contributed by atoms with E-state index in [4.69, 9.17) is 0 Å². The lowest BCUT2D eigenvalue weighted by atomic mass is 10.4. The van der Waals surface area contributed by atoms with Crippen LogP contribution in [0.4, 0.5) is 5.69 Å². The van der Waals surface area contributed by atoms with Gasteiger partial charge in [0.15, 0.2) is 0 Å². The monoisotopic (exact) mass is 273 g/mol. The molecule has 0 spiro atoms. The Kier molecular flexibility index (Phi) is 3.03. The van der Waals surface area contributed by atoms with E-state index in [9.17, 15) is 0 Å². The SMILES string of the molecule is Brc1csc(CNc2ccsc2)c1. The molecule has 1 N–H and O–H groups in total. The minimum Gasteiger partial charge on any atom is -0.379 e.